The Kier molecular flexibility index (Phi) is 6.31. The van der Waals surface area contributed by atoms with Gasteiger partial charge in [-0.15, -0.1) is 28.8 Å². The molecule has 7 nitrogen and oxygen atoms in total. The molecular weight excluding hydrogens is 348 g/mol. The number of nitrogens with one attached hydrogen (secondary N) is 2. The summed E-state index contributed by atoms with van der Waals surface area (Å²) in [6.45, 7) is 8.06. The van der Waals surface area contributed by atoms with Crippen molar-refractivity contribution in [1.29, 1.82) is 0 Å². The normalized spacial score (nSPS) is 15.3. The molecule has 24 heavy (non-hydrogen) atoms. The molecule has 132 valence electrons. The van der Waals surface area contributed by atoms with Gasteiger partial charge in [-0.3, -0.25) is 10.1 Å². The summed E-state index contributed by atoms with van der Waals surface area (Å²) in [6, 6.07) is 0.317. The Morgan fingerprint density at radius 2 is 2.12 bits per heavy atom. The summed E-state index contributed by atoms with van der Waals surface area (Å²) in [4.78, 5) is 17.8. The molecule has 2 aromatic heterocycles. The third-order valence-electron chi connectivity index (χ3n) is 4.11. The zero-order chi connectivity index (χ0) is 16.4. The first-order chi connectivity index (χ1) is 11.1. The molecule has 3 rings (SSSR count). The van der Waals surface area contributed by atoms with Crippen LogP contribution >= 0.6 is 23.7 Å². The van der Waals surface area contributed by atoms with E-state index >= 15 is 0 Å². The Labute approximate surface area is 151 Å². The van der Waals surface area contributed by atoms with Crippen LogP contribution in [0, 0.1) is 6.92 Å². The van der Waals surface area contributed by atoms with Gasteiger partial charge in [0.05, 0.1) is 11.7 Å². The maximum absolute atomic E-state index is 12.4. The molecule has 1 fully saturated rings. The largest absolute Gasteiger partial charge is 0.317 e. The highest BCUT2D eigenvalue weighted by Crippen LogP contribution is 2.26. The summed E-state index contributed by atoms with van der Waals surface area (Å²) < 4.78 is 1.89. The van der Waals surface area contributed by atoms with Gasteiger partial charge in [0.1, 0.15) is 0 Å². The van der Waals surface area contributed by atoms with Gasteiger partial charge in [0.15, 0.2) is 10.8 Å². The highest BCUT2D eigenvalue weighted by Gasteiger charge is 2.23. The molecule has 0 spiro atoms. The molecule has 2 N–H and O–H groups in total. The van der Waals surface area contributed by atoms with Gasteiger partial charge in [0.2, 0.25) is 0 Å². The number of carbonyl (C=O) groups is 1. The lowest BCUT2D eigenvalue weighted by Crippen LogP contribution is -2.30. The van der Waals surface area contributed by atoms with Crippen molar-refractivity contribution in [2.24, 2.45) is 0 Å². The van der Waals surface area contributed by atoms with Crippen LogP contribution in [-0.2, 0) is 0 Å². The fourth-order valence-electron chi connectivity index (χ4n) is 2.72. The molecule has 0 atom stereocenters. The standard InChI is InChI=1S/C15H22N6OS.ClH/c1-9(2)12-8-17-15(23-12)18-14(22)13-10(3)21(20-19-13)11-4-6-16-7-5-11;/h8-9,11,16H,4-7H2,1-3H3,(H,17,18,22);1H. The van der Waals surface area contributed by atoms with E-state index in [9.17, 15) is 4.79 Å². The molecule has 0 unspecified atom stereocenters. The summed E-state index contributed by atoms with van der Waals surface area (Å²) >= 11 is 1.50. The SMILES string of the molecule is Cc1c(C(=O)Nc2ncc(C(C)C)s2)nnn1C1CCNCC1.Cl. The van der Waals surface area contributed by atoms with E-state index in [-0.39, 0.29) is 18.3 Å². The Bertz CT molecular complexity index is 692. The van der Waals surface area contributed by atoms with Crippen LogP contribution in [0.1, 0.15) is 59.7 Å². The van der Waals surface area contributed by atoms with Crippen LogP contribution in [0.3, 0.4) is 0 Å². The molecule has 2 aromatic rings. The second-order valence-electron chi connectivity index (χ2n) is 6.13. The number of anilines is 1. The fourth-order valence-corrected chi connectivity index (χ4v) is 3.53. The summed E-state index contributed by atoms with van der Waals surface area (Å²) in [6.07, 6.45) is 3.83. The highest BCUT2D eigenvalue weighted by molar-refractivity contribution is 7.15. The first-order valence-corrected chi connectivity index (χ1v) is 8.77. The molecule has 0 aliphatic carbocycles. The number of thiazole rings is 1. The van der Waals surface area contributed by atoms with E-state index in [1.807, 2.05) is 17.8 Å². The van der Waals surface area contributed by atoms with Gasteiger partial charge in [0, 0.05) is 11.1 Å². The zero-order valence-corrected chi connectivity index (χ0v) is 15.7. The second-order valence-corrected chi connectivity index (χ2v) is 7.19. The van der Waals surface area contributed by atoms with Gasteiger partial charge >= 0.3 is 0 Å². The first kappa shape index (κ1) is 18.8. The van der Waals surface area contributed by atoms with Crippen molar-refractivity contribution in [2.45, 2.75) is 45.6 Å². The van der Waals surface area contributed by atoms with Crippen molar-refractivity contribution in [3.63, 3.8) is 0 Å². The average molecular weight is 371 g/mol. The van der Waals surface area contributed by atoms with Crippen LogP contribution in [-0.4, -0.2) is 39.0 Å². The number of aromatic nitrogens is 4. The Hall–Kier alpha value is -1.51. The van der Waals surface area contributed by atoms with Crippen molar-refractivity contribution in [2.75, 3.05) is 18.4 Å². The zero-order valence-electron chi connectivity index (χ0n) is 14.1. The lowest BCUT2D eigenvalue weighted by atomic mass is 10.1. The van der Waals surface area contributed by atoms with Gasteiger partial charge in [0.25, 0.3) is 5.91 Å². The van der Waals surface area contributed by atoms with Gasteiger partial charge in [-0.05, 0) is 38.8 Å². The summed E-state index contributed by atoms with van der Waals surface area (Å²) in [5.41, 5.74) is 1.19. The third-order valence-corrected chi connectivity index (χ3v) is 5.32. The number of hydrogen-bond donors (Lipinski definition) is 2. The summed E-state index contributed by atoms with van der Waals surface area (Å²) in [7, 11) is 0. The van der Waals surface area contributed by atoms with Crippen LogP contribution in [0.15, 0.2) is 6.20 Å². The van der Waals surface area contributed by atoms with E-state index in [1.54, 1.807) is 0 Å². The molecular formula is C15H23ClN6OS. The maximum atomic E-state index is 12.4. The molecule has 1 amide bonds. The predicted molar refractivity (Wildman–Crippen MR) is 97.3 cm³/mol. The number of nitrogens with zero attached hydrogens (tertiary/aromatic N) is 4. The van der Waals surface area contributed by atoms with Crippen molar-refractivity contribution in [1.82, 2.24) is 25.3 Å². The molecule has 1 aliphatic rings. The number of hydrogen-bond acceptors (Lipinski definition) is 6. The minimum absolute atomic E-state index is 0. The molecule has 1 aliphatic heterocycles. The summed E-state index contributed by atoms with van der Waals surface area (Å²) in [5.74, 6) is 0.160. The monoisotopic (exact) mass is 370 g/mol. The van der Waals surface area contributed by atoms with Gasteiger partial charge in [-0.2, -0.15) is 0 Å². The van der Waals surface area contributed by atoms with Crippen molar-refractivity contribution < 1.29 is 4.79 Å². The molecule has 1 saturated heterocycles. The molecule has 0 bridgehead atoms. The molecule has 9 heteroatoms. The number of rotatable bonds is 4. The van der Waals surface area contributed by atoms with E-state index in [1.165, 1.54) is 11.3 Å². The Morgan fingerprint density at radius 1 is 1.42 bits per heavy atom. The quantitative estimate of drug-likeness (QED) is 0.864. The molecule has 3 heterocycles. The number of halogens is 1. The number of piperidine rings is 1. The maximum Gasteiger partial charge on any atom is 0.279 e. The van der Waals surface area contributed by atoms with Crippen LogP contribution in [0.4, 0.5) is 5.13 Å². The number of amides is 1. The van der Waals surface area contributed by atoms with Crippen LogP contribution in [0.25, 0.3) is 0 Å². The fraction of sp³-hybridized carbons (Fsp3) is 0.600. The van der Waals surface area contributed by atoms with Crippen LogP contribution in [0.5, 0.6) is 0 Å². The van der Waals surface area contributed by atoms with Crippen LogP contribution < -0.4 is 10.6 Å². The predicted octanol–water partition coefficient (Wildman–Crippen LogP) is 2.77. The minimum Gasteiger partial charge on any atom is -0.317 e. The first-order valence-electron chi connectivity index (χ1n) is 7.96. The smallest absolute Gasteiger partial charge is 0.279 e. The second kappa shape index (κ2) is 8.04. The summed E-state index contributed by atoms with van der Waals surface area (Å²) in [5, 5.41) is 15.0. The Morgan fingerprint density at radius 3 is 2.75 bits per heavy atom. The van der Waals surface area contributed by atoms with E-state index in [0.717, 1.165) is 36.5 Å². The van der Waals surface area contributed by atoms with Crippen LogP contribution in [0.2, 0.25) is 0 Å². The minimum atomic E-state index is -0.243. The highest BCUT2D eigenvalue weighted by atomic mass is 35.5. The van der Waals surface area contributed by atoms with E-state index in [2.05, 4.69) is 39.8 Å². The van der Waals surface area contributed by atoms with Crippen molar-refractivity contribution >= 4 is 34.8 Å². The Balaban J connectivity index is 0.00000208. The lowest BCUT2D eigenvalue weighted by molar-refractivity contribution is 0.102. The van der Waals surface area contributed by atoms with E-state index in [4.69, 9.17) is 0 Å². The molecule has 0 aromatic carbocycles. The van der Waals surface area contributed by atoms with Gasteiger partial charge in [-0.25, -0.2) is 9.67 Å². The molecule has 0 saturated carbocycles. The molecule has 0 radical (unpaired) electrons. The number of carbonyl (C=O) groups excluding carboxylic acids is 1. The van der Waals surface area contributed by atoms with Gasteiger partial charge < -0.3 is 5.32 Å². The van der Waals surface area contributed by atoms with E-state index in [0.29, 0.717) is 22.8 Å². The van der Waals surface area contributed by atoms with Gasteiger partial charge in [-0.1, -0.05) is 19.1 Å². The third kappa shape index (κ3) is 3.93. The lowest BCUT2D eigenvalue weighted by Gasteiger charge is -2.23. The van der Waals surface area contributed by atoms with Crippen molar-refractivity contribution in [3.05, 3.63) is 22.5 Å². The topological polar surface area (TPSA) is 84.7 Å². The van der Waals surface area contributed by atoms with E-state index < -0.39 is 0 Å². The average Bonchev–Trinajstić information content (AvgIpc) is 3.15. The van der Waals surface area contributed by atoms with Crippen molar-refractivity contribution in [3.8, 4) is 0 Å².